The van der Waals surface area contributed by atoms with E-state index in [0.29, 0.717) is 157 Å². The third-order valence-electron chi connectivity index (χ3n) is 17.1. The Hall–Kier alpha value is -6.75. The van der Waals surface area contributed by atoms with E-state index in [9.17, 15) is 33.2 Å². The minimum atomic E-state index is -1.08. The SMILES string of the molecule is CCCCCCCCCCCCCCCCNC(=O)C[C@H](NC(=O)CCOCCOCCOCCOCCOCCOCCOCCOCCOCCOCCOCCOCCNC(=O)Cn1cc(C(=O)N2CCN(C(=O)c3cn4nc(-c5ccc(F)cc5)cc(C(C)(C)C)c4n3)C(C)(C)C2)nn1)C(N)=O. The van der Waals surface area contributed by atoms with E-state index >= 15 is 0 Å². The molecule has 6 amide bonds. The Kier molecular flexibility index (Phi) is 45.7. The van der Waals surface area contributed by atoms with E-state index in [0.717, 1.165) is 30.4 Å². The topological polar surface area (TPSA) is 343 Å². The number of unbranched alkanes of at least 4 members (excludes halogenated alkanes) is 13. The largest absolute Gasteiger partial charge is 0.379 e. The summed E-state index contributed by atoms with van der Waals surface area (Å²) in [5, 5.41) is 20.9. The Bertz CT molecular complexity index is 3080. The standard InChI is InChI=1S/C75H123FN12O18/c1-7-8-9-10-11-12-13-14-15-16-17-18-19-20-26-78-68(90)55-64(70(77)92)80-67(89)25-30-95-32-34-97-36-38-99-40-42-101-44-46-103-48-50-105-52-53-106-51-49-104-47-45-102-43-41-100-39-37-98-35-33-96-31-27-79-69(91)58-86-56-66(82-84-86)72(93)85-28-29-87(75(5,6)59-85)73(94)65-57-88-71(81-65)62(74(2,3)4)54-63(83-88)60-21-23-61(76)24-22-60/h21-24,54,56-57,64H,7-20,25-53,55,58-59H2,1-6H3,(H2,77,92)(H,78,90)(H,79,91)(H,80,89)/t64-/m0/s1. The summed E-state index contributed by atoms with van der Waals surface area (Å²) in [5.41, 5.74) is 7.41. The highest BCUT2D eigenvalue weighted by Crippen LogP contribution is 2.31. The van der Waals surface area contributed by atoms with Gasteiger partial charge in [-0.2, -0.15) is 5.10 Å². The first-order valence-electron chi connectivity index (χ1n) is 38.1. The summed E-state index contributed by atoms with van der Waals surface area (Å²) in [4.78, 5) is 85.2. The summed E-state index contributed by atoms with van der Waals surface area (Å²) in [6.07, 6.45) is 20.5. The molecular weight excluding hydrogens is 1380 g/mol. The molecule has 598 valence electrons. The number of fused-ring (bicyclic) bond motifs is 1. The lowest BCUT2D eigenvalue weighted by molar-refractivity contribution is -0.130. The Morgan fingerprint density at radius 3 is 1.43 bits per heavy atom. The van der Waals surface area contributed by atoms with Crippen molar-refractivity contribution in [3.05, 3.63) is 65.5 Å². The van der Waals surface area contributed by atoms with E-state index in [4.69, 9.17) is 72.7 Å². The van der Waals surface area contributed by atoms with E-state index in [2.05, 4.69) is 54.0 Å². The Morgan fingerprint density at radius 2 is 0.981 bits per heavy atom. The normalized spacial score (nSPS) is 13.4. The van der Waals surface area contributed by atoms with Gasteiger partial charge in [-0.25, -0.2) is 18.6 Å². The number of carbonyl (C=O) groups is 6. The van der Waals surface area contributed by atoms with Crippen LogP contribution < -0.4 is 21.7 Å². The monoisotopic (exact) mass is 1500 g/mol. The lowest BCUT2D eigenvalue weighted by atomic mass is 9.87. The molecule has 30 nitrogen and oxygen atoms in total. The first kappa shape index (κ1) is 89.9. The van der Waals surface area contributed by atoms with Crippen LogP contribution in [0.15, 0.2) is 42.7 Å². The van der Waals surface area contributed by atoms with E-state index in [-0.39, 0.29) is 112 Å². The molecule has 0 aliphatic carbocycles. The fourth-order valence-corrected chi connectivity index (χ4v) is 11.3. The number of nitrogens with two attached hydrogens (primary N) is 1. The van der Waals surface area contributed by atoms with Gasteiger partial charge in [-0.05, 0) is 56.0 Å². The molecule has 106 heavy (non-hydrogen) atoms. The van der Waals surface area contributed by atoms with Crippen LogP contribution in [0, 0.1) is 5.82 Å². The van der Waals surface area contributed by atoms with Crippen molar-refractivity contribution >= 4 is 41.1 Å². The van der Waals surface area contributed by atoms with Crippen LogP contribution in [0.5, 0.6) is 0 Å². The molecule has 5 rings (SSSR count). The molecule has 1 fully saturated rings. The van der Waals surface area contributed by atoms with Crippen molar-refractivity contribution in [2.75, 3.05) is 191 Å². The molecule has 1 atom stereocenters. The summed E-state index contributed by atoms with van der Waals surface area (Å²) < 4.78 is 83.0. The van der Waals surface area contributed by atoms with Gasteiger partial charge in [-0.3, -0.25) is 28.8 Å². The summed E-state index contributed by atoms with van der Waals surface area (Å²) in [5.74, 6) is -2.84. The van der Waals surface area contributed by atoms with Gasteiger partial charge in [0.2, 0.25) is 23.6 Å². The van der Waals surface area contributed by atoms with Crippen LogP contribution in [0.1, 0.15) is 171 Å². The average Bonchev–Trinajstić information content (AvgIpc) is 1.52. The first-order chi connectivity index (χ1) is 51.4. The van der Waals surface area contributed by atoms with Crippen LogP contribution in [-0.4, -0.2) is 278 Å². The second kappa shape index (κ2) is 53.9. The number of aromatic nitrogens is 6. The molecule has 1 aromatic carbocycles. The number of hydrogen-bond acceptors (Lipinski definition) is 22. The second-order valence-corrected chi connectivity index (χ2v) is 27.5. The maximum Gasteiger partial charge on any atom is 0.276 e. The minimum Gasteiger partial charge on any atom is -0.379 e. The van der Waals surface area contributed by atoms with Crippen LogP contribution in [0.4, 0.5) is 4.39 Å². The fourth-order valence-electron chi connectivity index (χ4n) is 11.3. The first-order valence-corrected chi connectivity index (χ1v) is 38.1. The van der Waals surface area contributed by atoms with Crippen molar-refractivity contribution in [3.8, 4) is 11.3 Å². The maximum atomic E-state index is 14.1. The molecule has 0 bridgehead atoms. The van der Waals surface area contributed by atoms with Gasteiger partial charge in [0.05, 0.1) is 189 Å². The van der Waals surface area contributed by atoms with Gasteiger partial charge in [-0.1, -0.05) is 116 Å². The lowest BCUT2D eigenvalue weighted by Crippen LogP contribution is -2.62. The smallest absolute Gasteiger partial charge is 0.276 e. The molecule has 0 unspecified atom stereocenters. The van der Waals surface area contributed by atoms with Crippen LogP contribution in [0.25, 0.3) is 16.9 Å². The van der Waals surface area contributed by atoms with Gasteiger partial charge in [0.15, 0.2) is 11.3 Å². The molecule has 31 heteroatoms. The molecule has 1 aliphatic heterocycles. The van der Waals surface area contributed by atoms with Gasteiger partial charge in [0.1, 0.15) is 24.1 Å². The molecule has 1 aliphatic rings. The molecular formula is C75H123FN12O18. The Morgan fingerprint density at radius 1 is 0.538 bits per heavy atom. The van der Waals surface area contributed by atoms with Gasteiger partial charge in [0, 0.05) is 50.3 Å². The van der Waals surface area contributed by atoms with Crippen LogP contribution in [0.3, 0.4) is 0 Å². The summed E-state index contributed by atoms with van der Waals surface area (Å²) in [6, 6.07) is 6.94. The predicted octanol–water partition coefficient (Wildman–Crippen LogP) is 6.46. The van der Waals surface area contributed by atoms with Crippen LogP contribution in [0.2, 0.25) is 0 Å². The summed E-state index contributed by atoms with van der Waals surface area (Å²) in [7, 11) is 0. The number of primary amides is 1. The van der Waals surface area contributed by atoms with Crippen molar-refractivity contribution in [2.45, 2.75) is 168 Å². The van der Waals surface area contributed by atoms with Gasteiger partial charge in [-0.15, -0.1) is 5.10 Å². The minimum absolute atomic E-state index is 0.0150. The predicted molar refractivity (Wildman–Crippen MR) is 395 cm³/mol. The number of piperazine rings is 1. The van der Waals surface area contributed by atoms with E-state index < -0.39 is 23.4 Å². The number of halogens is 1. The fraction of sp³-hybridized carbons (Fsp3) is 0.733. The van der Waals surface area contributed by atoms with Crippen molar-refractivity contribution in [1.82, 2.24) is 55.3 Å². The zero-order valence-electron chi connectivity index (χ0n) is 64.0. The highest BCUT2D eigenvalue weighted by atomic mass is 19.1. The number of imidazole rings is 1. The molecule has 4 aromatic rings. The number of benzene rings is 1. The molecule has 3 aromatic heterocycles. The average molecular weight is 1500 g/mol. The number of hydrogen-bond donors (Lipinski definition) is 4. The van der Waals surface area contributed by atoms with Crippen molar-refractivity contribution in [1.29, 1.82) is 0 Å². The summed E-state index contributed by atoms with van der Waals surface area (Å²) in [6.45, 7) is 22.8. The zero-order valence-corrected chi connectivity index (χ0v) is 64.0. The van der Waals surface area contributed by atoms with Gasteiger partial charge in [0.25, 0.3) is 11.8 Å². The number of nitrogens with zero attached hydrogens (tertiary/aromatic N) is 8. The molecule has 4 heterocycles. The molecule has 1 saturated heterocycles. The molecule has 5 N–H and O–H groups in total. The molecule has 0 saturated carbocycles. The van der Waals surface area contributed by atoms with E-state index in [1.54, 1.807) is 32.6 Å². The van der Waals surface area contributed by atoms with Crippen molar-refractivity contribution < 1.29 is 90.0 Å². The highest BCUT2D eigenvalue weighted by Gasteiger charge is 2.40. The van der Waals surface area contributed by atoms with E-state index in [1.165, 1.54) is 93.6 Å². The Labute approximate surface area is 625 Å². The van der Waals surface area contributed by atoms with E-state index in [1.807, 2.05) is 19.9 Å². The third kappa shape index (κ3) is 38.4. The number of amides is 6. The van der Waals surface area contributed by atoms with Crippen LogP contribution >= 0.6 is 0 Å². The highest BCUT2D eigenvalue weighted by molar-refractivity contribution is 5.95. The lowest BCUT2D eigenvalue weighted by Gasteiger charge is -2.46. The third-order valence-corrected chi connectivity index (χ3v) is 17.1. The van der Waals surface area contributed by atoms with Gasteiger partial charge >= 0.3 is 0 Å². The summed E-state index contributed by atoms with van der Waals surface area (Å²) >= 11 is 0. The molecule has 0 radical (unpaired) electrons. The number of rotatable bonds is 63. The van der Waals surface area contributed by atoms with Gasteiger partial charge < -0.3 is 88.3 Å². The number of ether oxygens (including phenoxy) is 12. The zero-order chi connectivity index (χ0) is 76.3. The quantitative estimate of drug-likeness (QED) is 0.0344. The van der Waals surface area contributed by atoms with Crippen molar-refractivity contribution in [3.63, 3.8) is 0 Å². The maximum absolute atomic E-state index is 14.1. The Balaban J connectivity index is 0.707. The number of carbonyl (C=O) groups excluding carboxylic acids is 6. The number of nitrogens with one attached hydrogen (secondary N) is 3. The van der Waals surface area contributed by atoms with Crippen molar-refractivity contribution in [2.24, 2.45) is 5.73 Å². The second-order valence-electron chi connectivity index (χ2n) is 27.5. The van der Waals surface area contributed by atoms with Crippen LogP contribution in [-0.2, 0) is 88.0 Å². The molecule has 0 spiro atoms.